The molecule has 1 aromatic carbocycles. The van der Waals surface area contributed by atoms with Crippen molar-refractivity contribution < 1.29 is 9.50 Å². The first-order valence-electron chi connectivity index (χ1n) is 6.09. The van der Waals surface area contributed by atoms with E-state index in [1.54, 1.807) is 6.07 Å². The number of aliphatic hydroxyl groups excluding tert-OH is 1. The van der Waals surface area contributed by atoms with Crippen molar-refractivity contribution in [2.24, 2.45) is 17.8 Å². The molecule has 2 aliphatic rings. The number of halogens is 1. The Morgan fingerprint density at radius 1 is 1.25 bits per heavy atom. The van der Waals surface area contributed by atoms with Gasteiger partial charge in [-0.3, -0.25) is 0 Å². The van der Waals surface area contributed by atoms with Gasteiger partial charge in [0.05, 0.1) is 6.10 Å². The summed E-state index contributed by atoms with van der Waals surface area (Å²) in [5.41, 5.74) is 1.78. The standard InChI is InChI=1S/C14H17FO/c1-8-2-3-12(15)7-13(8)14(16)11-5-9-4-10(9)6-11/h2-3,7,9-11,14,16H,4-6H2,1H3. The SMILES string of the molecule is Cc1ccc(F)cc1C(O)C1CC2CC2C1. The van der Waals surface area contributed by atoms with Crippen LogP contribution >= 0.6 is 0 Å². The minimum absolute atomic E-state index is 0.247. The molecule has 1 aromatic rings. The highest BCUT2D eigenvalue weighted by atomic mass is 19.1. The summed E-state index contributed by atoms with van der Waals surface area (Å²) in [6.45, 7) is 1.94. The van der Waals surface area contributed by atoms with Crippen LogP contribution in [0.4, 0.5) is 4.39 Å². The largest absolute Gasteiger partial charge is 0.388 e. The third-order valence-electron chi connectivity index (χ3n) is 4.29. The van der Waals surface area contributed by atoms with Gasteiger partial charge in [-0.1, -0.05) is 6.07 Å². The highest BCUT2D eigenvalue weighted by Gasteiger charge is 2.47. The molecular weight excluding hydrogens is 203 g/mol. The van der Waals surface area contributed by atoms with Gasteiger partial charge in [-0.05, 0) is 67.2 Å². The first kappa shape index (κ1) is 10.3. The van der Waals surface area contributed by atoms with E-state index in [2.05, 4.69) is 0 Å². The highest BCUT2D eigenvalue weighted by Crippen LogP contribution is 2.57. The molecule has 0 aromatic heterocycles. The van der Waals surface area contributed by atoms with E-state index in [-0.39, 0.29) is 5.82 Å². The number of rotatable bonds is 2. The molecule has 3 atom stereocenters. The maximum Gasteiger partial charge on any atom is 0.123 e. The normalized spacial score (nSPS) is 33.6. The third-order valence-corrected chi connectivity index (χ3v) is 4.29. The Kier molecular flexibility index (Phi) is 2.28. The summed E-state index contributed by atoms with van der Waals surface area (Å²) >= 11 is 0. The van der Waals surface area contributed by atoms with E-state index in [1.807, 2.05) is 6.92 Å². The molecule has 0 heterocycles. The smallest absolute Gasteiger partial charge is 0.123 e. The van der Waals surface area contributed by atoms with E-state index in [1.165, 1.54) is 18.6 Å². The van der Waals surface area contributed by atoms with Gasteiger partial charge in [-0.15, -0.1) is 0 Å². The molecule has 0 bridgehead atoms. The van der Waals surface area contributed by atoms with Crippen molar-refractivity contribution in [3.63, 3.8) is 0 Å². The average molecular weight is 220 g/mol. The van der Waals surface area contributed by atoms with E-state index in [9.17, 15) is 9.50 Å². The van der Waals surface area contributed by atoms with Gasteiger partial charge in [0, 0.05) is 0 Å². The summed E-state index contributed by atoms with van der Waals surface area (Å²) in [6.07, 6.45) is 3.14. The predicted molar refractivity (Wildman–Crippen MR) is 60.4 cm³/mol. The van der Waals surface area contributed by atoms with Gasteiger partial charge in [-0.25, -0.2) is 4.39 Å². The fourth-order valence-corrected chi connectivity index (χ4v) is 3.20. The van der Waals surface area contributed by atoms with Crippen molar-refractivity contribution >= 4 is 0 Å². The van der Waals surface area contributed by atoms with Crippen LogP contribution < -0.4 is 0 Å². The van der Waals surface area contributed by atoms with E-state index in [0.717, 1.165) is 35.8 Å². The molecule has 1 nitrogen and oxygen atoms in total. The number of hydrogen-bond donors (Lipinski definition) is 1. The van der Waals surface area contributed by atoms with Crippen LogP contribution in [0.2, 0.25) is 0 Å². The Hall–Kier alpha value is -0.890. The minimum atomic E-state index is -0.469. The molecule has 3 rings (SSSR count). The Labute approximate surface area is 95.3 Å². The Balaban J connectivity index is 1.82. The summed E-state index contributed by atoms with van der Waals surface area (Å²) in [5, 5.41) is 10.3. The topological polar surface area (TPSA) is 20.2 Å². The van der Waals surface area contributed by atoms with Gasteiger partial charge in [0.15, 0.2) is 0 Å². The zero-order chi connectivity index (χ0) is 11.3. The zero-order valence-electron chi connectivity index (χ0n) is 9.49. The van der Waals surface area contributed by atoms with Gasteiger partial charge < -0.3 is 5.11 Å². The zero-order valence-corrected chi connectivity index (χ0v) is 9.49. The Bertz CT molecular complexity index is 405. The molecule has 2 heteroatoms. The van der Waals surface area contributed by atoms with E-state index < -0.39 is 6.10 Å². The molecule has 1 N–H and O–H groups in total. The molecule has 86 valence electrons. The van der Waals surface area contributed by atoms with Gasteiger partial charge in [-0.2, -0.15) is 0 Å². The fraction of sp³-hybridized carbons (Fsp3) is 0.571. The first-order chi connectivity index (χ1) is 7.65. The van der Waals surface area contributed by atoms with Crippen LogP contribution in [0.5, 0.6) is 0 Å². The summed E-state index contributed by atoms with van der Waals surface area (Å²) in [7, 11) is 0. The molecule has 0 radical (unpaired) electrons. The van der Waals surface area contributed by atoms with Crippen molar-refractivity contribution in [1.29, 1.82) is 0 Å². The summed E-state index contributed by atoms with van der Waals surface area (Å²) in [6, 6.07) is 4.70. The van der Waals surface area contributed by atoms with Crippen LogP contribution in [0.3, 0.4) is 0 Å². The molecule has 3 unspecified atom stereocenters. The van der Waals surface area contributed by atoms with Crippen LogP contribution in [0.15, 0.2) is 18.2 Å². The maximum atomic E-state index is 13.2. The second-order valence-electron chi connectivity index (χ2n) is 5.43. The van der Waals surface area contributed by atoms with Gasteiger partial charge >= 0.3 is 0 Å². The molecule has 2 saturated carbocycles. The first-order valence-corrected chi connectivity index (χ1v) is 6.09. The molecule has 0 saturated heterocycles. The lowest BCUT2D eigenvalue weighted by molar-refractivity contribution is 0.103. The summed E-state index contributed by atoms with van der Waals surface area (Å²) in [4.78, 5) is 0. The highest BCUT2D eigenvalue weighted by molar-refractivity contribution is 5.29. The number of aliphatic hydroxyl groups is 1. The van der Waals surface area contributed by atoms with Crippen molar-refractivity contribution in [2.75, 3.05) is 0 Å². The van der Waals surface area contributed by atoms with Gasteiger partial charge in [0.1, 0.15) is 5.82 Å². The van der Waals surface area contributed by atoms with Crippen molar-refractivity contribution in [3.05, 3.63) is 35.1 Å². The molecular formula is C14H17FO. The third kappa shape index (κ3) is 1.65. The number of hydrogen-bond acceptors (Lipinski definition) is 1. The van der Waals surface area contributed by atoms with Crippen molar-refractivity contribution in [2.45, 2.75) is 32.3 Å². The van der Waals surface area contributed by atoms with Crippen molar-refractivity contribution in [3.8, 4) is 0 Å². The fourth-order valence-electron chi connectivity index (χ4n) is 3.20. The van der Waals surface area contributed by atoms with Crippen LogP contribution in [0.1, 0.15) is 36.5 Å². The van der Waals surface area contributed by atoms with Crippen molar-refractivity contribution in [1.82, 2.24) is 0 Å². The maximum absolute atomic E-state index is 13.2. The molecule has 0 aliphatic heterocycles. The quantitative estimate of drug-likeness (QED) is 0.811. The van der Waals surface area contributed by atoms with Crippen LogP contribution in [-0.2, 0) is 0 Å². The number of aryl methyl sites for hydroxylation is 1. The molecule has 0 spiro atoms. The lowest BCUT2D eigenvalue weighted by Crippen LogP contribution is -2.12. The number of fused-ring (bicyclic) bond motifs is 1. The average Bonchev–Trinajstić information content (AvgIpc) is 2.88. The van der Waals surface area contributed by atoms with E-state index >= 15 is 0 Å². The Morgan fingerprint density at radius 3 is 2.62 bits per heavy atom. The lowest BCUT2D eigenvalue weighted by Gasteiger charge is -2.21. The van der Waals surface area contributed by atoms with Gasteiger partial charge in [0.25, 0.3) is 0 Å². The van der Waals surface area contributed by atoms with E-state index in [0.29, 0.717) is 5.92 Å². The van der Waals surface area contributed by atoms with E-state index in [4.69, 9.17) is 0 Å². The predicted octanol–water partition coefficient (Wildman–Crippen LogP) is 3.21. The monoisotopic (exact) mass is 220 g/mol. The molecule has 2 aliphatic carbocycles. The number of benzene rings is 1. The summed E-state index contributed by atoms with van der Waals surface area (Å²) < 4.78 is 13.2. The lowest BCUT2D eigenvalue weighted by atomic mass is 9.89. The van der Waals surface area contributed by atoms with Gasteiger partial charge in [0.2, 0.25) is 0 Å². The summed E-state index contributed by atoms with van der Waals surface area (Å²) in [5.74, 6) is 1.81. The van der Waals surface area contributed by atoms with Crippen LogP contribution in [-0.4, -0.2) is 5.11 Å². The molecule has 0 amide bonds. The van der Waals surface area contributed by atoms with Crippen LogP contribution in [0.25, 0.3) is 0 Å². The second kappa shape index (κ2) is 3.56. The molecule has 2 fully saturated rings. The molecule has 16 heavy (non-hydrogen) atoms. The second-order valence-corrected chi connectivity index (χ2v) is 5.43. The Morgan fingerprint density at radius 2 is 1.94 bits per heavy atom. The van der Waals surface area contributed by atoms with Crippen LogP contribution in [0, 0.1) is 30.5 Å². The minimum Gasteiger partial charge on any atom is -0.388 e.